The molecule has 0 spiro atoms. The van der Waals surface area contributed by atoms with Crippen molar-refractivity contribution in [1.29, 1.82) is 0 Å². The highest BCUT2D eigenvalue weighted by molar-refractivity contribution is 4.64. The van der Waals surface area contributed by atoms with Gasteiger partial charge >= 0.3 is 0 Å². The molecule has 2 heteroatoms. The van der Waals surface area contributed by atoms with Crippen LogP contribution in [0.25, 0.3) is 0 Å². The maximum absolute atomic E-state index is 5.44. The summed E-state index contributed by atoms with van der Waals surface area (Å²) in [5.74, 6) is 1.55. The van der Waals surface area contributed by atoms with E-state index in [2.05, 4.69) is 19.2 Å². The zero-order chi connectivity index (χ0) is 8.10. The fraction of sp³-hybridized carbons (Fsp3) is 1.00. The van der Waals surface area contributed by atoms with E-state index in [0.29, 0.717) is 0 Å². The van der Waals surface area contributed by atoms with Crippen LogP contribution >= 0.6 is 0 Å². The molecular weight excluding hydrogens is 138 g/mol. The second-order valence-corrected chi connectivity index (χ2v) is 3.66. The SMILES string of the molecule is CC(C)C1CCCNCOC1. The standard InChI is InChI=1S/C9H19NO/c1-8(2)9-4-3-5-10-7-11-6-9/h8-10H,3-7H2,1-2H3. The number of rotatable bonds is 1. The maximum atomic E-state index is 5.44. The van der Waals surface area contributed by atoms with Gasteiger partial charge in [-0.1, -0.05) is 13.8 Å². The average molecular weight is 157 g/mol. The predicted molar refractivity (Wildman–Crippen MR) is 46.4 cm³/mol. The summed E-state index contributed by atoms with van der Waals surface area (Å²) in [6, 6.07) is 0. The molecule has 0 bridgehead atoms. The lowest BCUT2D eigenvalue weighted by atomic mass is 9.92. The topological polar surface area (TPSA) is 21.3 Å². The first-order valence-electron chi connectivity index (χ1n) is 4.59. The summed E-state index contributed by atoms with van der Waals surface area (Å²) >= 11 is 0. The normalized spacial score (nSPS) is 28.1. The molecule has 1 fully saturated rings. The van der Waals surface area contributed by atoms with Crippen LogP contribution in [0.4, 0.5) is 0 Å². The second-order valence-electron chi connectivity index (χ2n) is 3.66. The lowest BCUT2D eigenvalue weighted by molar-refractivity contribution is 0.0549. The number of hydrogen-bond donors (Lipinski definition) is 1. The third-order valence-corrected chi connectivity index (χ3v) is 2.41. The minimum atomic E-state index is 0.739. The van der Waals surface area contributed by atoms with E-state index in [1.807, 2.05) is 0 Å². The van der Waals surface area contributed by atoms with Crippen LogP contribution in [0.15, 0.2) is 0 Å². The van der Waals surface area contributed by atoms with Crippen LogP contribution in [0.3, 0.4) is 0 Å². The Bertz CT molecular complexity index is 95.7. The molecule has 1 unspecified atom stereocenters. The molecule has 2 nitrogen and oxygen atoms in total. The second kappa shape index (κ2) is 4.73. The summed E-state index contributed by atoms with van der Waals surface area (Å²) in [5, 5.41) is 3.22. The van der Waals surface area contributed by atoms with Gasteiger partial charge in [-0.25, -0.2) is 0 Å². The van der Waals surface area contributed by atoms with Gasteiger partial charge in [0.05, 0.1) is 13.3 Å². The van der Waals surface area contributed by atoms with Gasteiger partial charge in [-0.2, -0.15) is 0 Å². The van der Waals surface area contributed by atoms with Crippen LogP contribution in [0, 0.1) is 11.8 Å². The van der Waals surface area contributed by atoms with Crippen molar-refractivity contribution >= 4 is 0 Å². The monoisotopic (exact) mass is 157 g/mol. The Labute approximate surface area is 69.3 Å². The molecule has 0 aromatic heterocycles. The summed E-state index contributed by atoms with van der Waals surface area (Å²) in [7, 11) is 0. The number of hydrogen-bond acceptors (Lipinski definition) is 2. The van der Waals surface area contributed by atoms with E-state index in [9.17, 15) is 0 Å². The third-order valence-electron chi connectivity index (χ3n) is 2.41. The smallest absolute Gasteiger partial charge is 0.0965 e. The molecule has 0 aromatic carbocycles. The van der Waals surface area contributed by atoms with Crippen molar-refractivity contribution in [3.05, 3.63) is 0 Å². The van der Waals surface area contributed by atoms with E-state index in [4.69, 9.17) is 4.74 Å². The van der Waals surface area contributed by atoms with Crippen LogP contribution < -0.4 is 5.32 Å². The molecule has 0 radical (unpaired) electrons. The Morgan fingerprint density at radius 1 is 1.45 bits per heavy atom. The van der Waals surface area contributed by atoms with Crippen molar-refractivity contribution in [3.8, 4) is 0 Å². The first-order chi connectivity index (χ1) is 5.30. The van der Waals surface area contributed by atoms with Crippen LogP contribution in [0.2, 0.25) is 0 Å². The molecule has 11 heavy (non-hydrogen) atoms. The largest absolute Gasteiger partial charge is 0.366 e. The Morgan fingerprint density at radius 2 is 2.27 bits per heavy atom. The summed E-state index contributed by atoms with van der Waals surface area (Å²) in [6.45, 7) is 7.35. The predicted octanol–water partition coefficient (Wildman–Crippen LogP) is 1.62. The van der Waals surface area contributed by atoms with Crippen LogP contribution in [0.1, 0.15) is 26.7 Å². The molecule has 0 amide bonds. The quantitative estimate of drug-likeness (QED) is 0.624. The highest BCUT2D eigenvalue weighted by Gasteiger charge is 2.14. The van der Waals surface area contributed by atoms with Crippen LogP contribution in [-0.4, -0.2) is 19.9 Å². The van der Waals surface area contributed by atoms with Crippen molar-refractivity contribution in [2.45, 2.75) is 26.7 Å². The Hall–Kier alpha value is -0.0800. The minimum Gasteiger partial charge on any atom is -0.366 e. The molecule has 1 aliphatic rings. The lowest BCUT2D eigenvalue weighted by Crippen LogP contribution is -2.27. The van der Waals surface area contributed by atoms with Crippen molar-refractivity contribution < 1.29 is 4.74 Å². The van der Waals surface area contributed by atoms with E-state index in [1.54, 1.807) is 0 Å². The molecule has 1 saturated heterocycles. The maximum Gasteiger partial charge on any atom is 0.0965 e. The van der Waals surface area contributed by atoms with Gasteiger partial charge in [0, 0.05) is 0 Å². The molecule has 1 N–H and O–H groups in total. The number of ether oxygens (including phenoxy) is 1. The molecule has 0 aliphatic carbocycles. The van der Waals surface area contributed by atoms with Gasteiger partial charge in [-0.3, -0.25) is 5.32 Å². The van der Waals surface area contributed by atoms with Gasteiger partial charge in [-0.05, 0) is 31.2 Å². The third kappa shape index (κ3) is 3.21. The van der Waals surface area contributed by atoms with Crippen molar-refractivity contribution in [2.75, 3.05) is 19.9 Å². The average Bonchev–Trinajstić information content (AvgIpc) is 1.84. The summed E-state index contributed by atoms with van der Waals surface area (Å²) < 4.78 is 5.44. The van der Waals surface area contributed by atoms with Crippen molar-refractivity contribution in [1.82, 2.24) is 5.32 Å². The first kappa shape index (κ1) is 9.01. The summed E-state index contributed by atoms with van der Waals surface area (Å²) in [5.41, 5.74) is 0. The van der Waals surface area contributed by atoms with Gasteiger partial charge in [0.1, 0.15) is 0 Å². The van der Waals surface area contributed by atoms with E-state index >= 15 is 0 Å². The van der Waals surface area contributed by atoms with Gasteiger partial charge in [0.15, 0.2) is 0 Å². The molecule has 0 saturated carbocycles. The minimum absolute atomic E-state index is 0.739. The van der Waals surface area contributed by atoms with Crippen molar-refractivity contribution in [2.24, 2.45) is 11.8 Å². The van der Waals surface area contributed by atoms with E-state index in [0.717, 1.165) is 31.7 Å². The van der Waals surface area contributed by atoms with E-state index in [1.165, 1.54) is 12.8 Å². The van der Waals surface area contributed by atoms with E-state index < -0.39 is 0 Å². The zero-order valence-electron chi connectivity index (χ0n) is 7.60. The van der Waals surface area contributed by atoms with Gasteiger partial charge in [-0.15, -0.1) is 0 Å². The van der Waals surface area contributed by atoms with Gasteiger partial charge < -0.3 is 4.74 Å². The molecule has 66 valence electrons. The summed E-state index contributed by atoms with van der Waals surface area (Å²) in [4.78, 5) is 0. The Morgan fingerprint density at radius 3 is 3.00 bits per heavy atom. The van der Waals surface area contributed by atoms with Crippen LogP contribution in [0.5, 0.6) is 0 Å². The Kier molecular flexibility index (Phi) is 3.87. The van der Waals surface area contributed by atoms with Crippen LogP contribution in [-0.2, 0) is 4.74 Å². The first-order valence-corrected chi connectivity index (χ1v) is 4.59. The highest BCUT2D eigenvalue weighted by atomic mass is 16.5. The van der Waals surface area contributed by atoms with Gasteiger partial charge in [0.25, 0.3) is 0 Å². The van der Waals surface area contributed by atoms with E-state index in [-0.39, 0.29) is 0 Å². The van der Waals surface area contributed by atoms with Crippen molar-refractivity contribution in [3.63, 3.8) is 0 Å². The zero-order valence-corrected chi connectivity index (χ0v) is 7.60. The fourth-order valence-electron chi connectivity index (χ4n) is 1.45. The lowest BCUT2D eigenvalue weighted by Gasteiger charge is -2.23. The Balaban J connectivity index is 2.26. The highest BCUT2D eigenvalue weighted by Crippen LogP contribution is 2.17. The number of nitrogens with one attached hydrogen (secondary N) is 1. The fourth-order valence-corrected chi connectivity index (χ4v) is 1.45. The summed E-state index contributed by atoms with van der Waals surface area (Å²) in [6.07, 6.45) is 2.61. The molecule has 1 atom stereocenters. The van der Waals surface area contributed by atoms with Gasteiger partial charge in [0.2, 0.25) is 0 Å². The molecule has 1 heterocycles. The molecule has 0 aromatic rings. The molecule has 1 aliphatic heterocycles. The molecular formula is C9H19NO. The molecule has 1 rings (SSSR count).